The van der Waals surface area contributed by atoms with E-state index in [-0.39, 0.29) is 22.1 Å². The zero-order valence-corrected chi connectivity index (χ0v) is 33.4. The highest BCUT2D eigenvalue weighted by atomic mass is 35.5. The van der Waals surface area contributed by atoms with Crippen LogP contribution in [0.3, 0.4) is 0 Å². The third-order valence-electron chi connectivity index (χ3n) is 10.3. The summed E-state index contributed by atoms with van der Waals surface area (Å²) in [6.45, 7) is 14.9. The van der Waals surface area contributed by atoms with Crippen molar-refractivity contribution in [1.82, 2.24) is 9.80 Å². The SMILES string of the molecule is CCC(Oc1ccc(C(C)(C)CC)cc1C(C)(C)CC)C(=O)Nc1cccc(NC(=O)C(Cl)(C(=O)c2ccc(OC)cc2)N2C(=O)C(OC)N(C)C2=O)c1. The van der Waals surface area contributed by atoms with Gasteiger partial charge < -0.3 is 24.8 Å². The van der Waals surface area contributed by atoms with E-state index >= 15 is 0 Å². The van der Waals surface area contributed by atoms with Gasteiger partial charge in [-0.2, -0.15) is 0 Å². The van der Waals surface area contributed by atoms with Crippen molar-refractivity contribution in [3.63, 3.8) is 0 Å². The largest absolute Gasteiger partial charge is 0.497 e. The molecule has 12 nitrogen and oxygen atoms in total. The van der Waals surface area contributed by atoms with E-state index in [4.69, 9.17) is 25.8 Å². The van der Waals surface area contributed by atoms with E-state index < -0.39 is 46.9 Å². The molecule has 3 atom stereocenters. The van der Waals surface area contributed by atoms with Crippen LogP contribution in [0.4, 0.5) is 16.2 Å². The first-order valence-electron chi connectivity index (χ1n) is 18.0. The van der Waals surface area contributed by atoms with Crippen LogP contribution in [0.25, 0.3) is 0 Å². The number of rotatable bonds is 16. The number of benzene rings is 3. The molecule has 1 aliphatic heterocycles. The number of Topliss-reactive ketones (excluding diaryl/α,β-unsaturated/α-hetero) is 1. The average Bonchev–Trinajstić information content (AvgIpc) is 3.38. The lowest BCUT2D eigenvalue weighted by molar-refractivity contribution is -0.142. The third-order valence-corrected chi connectivity index (χ3v) is 10.9. The van der Waals surface area contributed by atoms with Crippen molar-refractivity contribution in [2.75, 3.05) is 31.9 Å². The van der Waals surface area contributed by atoms with E-state index in [1.807, 2.05) is 13.0 Å². The van der Waals surface area contributed by atoms with Gasteiger partial charge in [0, 0.05) is 36.7 Å². The van der Waals surface area contributed by atoms with Crippen molar-refractivity contribution in [3.05, 3.63) is 83.4 Å². The van der Waals surface area contributed by atoms with Crippen molar-refractivity contribution < 1.29 is 38.2 Å². The van der Waals surface area contributed by atoms with Crippen molar-refractivity contribution in [1.29, 1.82) is 0 Å². The second-order valence-corrected chi connectivity index (χ2v) is 15.1. The van der Waals surface area contributed by atoms with Crippen LogP contribution in [0.15, 0.2) is 66.7 Å². The summed E-state index contributed by atoms with van der Waals surface area (Å²) in [5, 5.41) is 5.43. The van der Waals surface area contributed by atoms with Gasteiger partial charge in [-0.1, -0.05) is 78.3 Å². The number of hydrogen-bond acceptors (Lipinski definition) is 8. The van der Waals surface area contributed by atoms with Crippen LogP contribution in [0, 0.1) is 0 Å². The first kappa shape index (κ1) is 41.8. The van der Waals surface area contributed by atoms with E-state index in [1.165, 1.54) is 63.2 Å². The first-order chi connectivity index (χ1) is 25.4. The van der Waals surface area contributed by atoms with E-state index in [9.17, 15) is 24.0 Å². The molecule has 0 spiro atoms. The molecule has 0 aliphatic carbocycles. The number of amides is 5. The molecule has 13 heteroatoms. The summed E-state index contributed by atoms with van der Waals surface area (Å²) in [5.74, 6) is -2.58. The van der Waals surface area contributed by atoms with Gasteiger partial charge in [-0.25, -0.2) is 9.69 Å². The van der Waals surface area contributed by atoms with Gasteiger partial charge in [-0.3, -0.25) is 24.1 Å². The molecule has 0 bridgehead atoms. The normalized spacial score (nSPS) is 16.5. The topological polar surface area (TPSA) is 144 Å². The molecule has 1 fully saturated rings. The Balaban J connectivity index is 1.62. The fraction of sp³-hybridized carbons (Fsp3) is 0.439. The Bertz CT molecular complexity index is 1900. The fourth-order valence-corrected chi connectivity index (χ4v) is 6.29. The number of urea groups is 1. The molecule has 54 heavy (non-hydrogen) atoms. The van der Waals surface area contributed by atoms with Gasteiger partial charge in [0.1, 0.15) is 11.5 Å². The number of alkyl halides is 1. The minimum Gasteiger partial charge on any atom is -0.497 e. The molecule has 3 unspecified atom stereocenters. The molecule has 290 valence electrons. The van der Waals surface area contributed by atoms with Crippen LogP contribution >= 0.6 is 11.6 Å². The Labute approximate surface area is 322 Å². The highest BCUT2D eigenvalue weighted by molar-refractivity contribution is 6.51. The van der Waals surface area contributed by atoms with Crippen LogP contribution < -0.4 is 20.1 Å². The first-order valence-corrected chi connectivity index (χ1v) is 18.3. The smallest absolute Gasteiger partial charge is 0.331 e. The number of imide groups is 1. The molecule has 4 rings (SSSR count). The van der Waals surface area contributed by atoms with Gasteiger partial charge in [-0.05, 0) is 84.2 Å². The Morgan fingerprint density at radius 1 is 0.852 bits per heavy atom. The molecule has 0 saturated carbocycles. The minimum atomic E-state index is -2.86. The van der Waals surface area contributed by atoms with E-state index in [2.05, 4.69) is 64.3 Å². The Hall–Kier alpha value is -4.94. The van der Waals surface area contributed by atoms with Crippen LogP contribution in [-0.2, 0) is 30.0 Å². The lowest BCUT2D eigenvalue weighted by Gasteiger charge is -2.31. The summed E-state index contributed by atoms with van der Waals surface area (Å²) < 4.78 is 16.7. The monoisotopic (exact) mass is 762 g/mol. The zero-order chi connectivity index (χ0) is 40.2. The van der Waals surface area contributed by atoms with Gasteiger partial charge in [-0.15, -0.1) is 0 Å². The molecule has 3 aromatic rings. The quantitative estimate of drug-likeness (QED) is 0.0503. The maximum Gasteiger partial charge on any atom is 0.331 e. The predicted molar refractivity (Wildman–Crippen MR) is 208 cm³/mol. The Morgan fingerprint density at radius 3 is 2.00 bits per heavy atom. The van der Waals surface area contributed by atoms with Crippen molar-refractivity contribution in [2.24, 2.45) is 0 Å². The molecule has 1 heterocycles. The summed E-state index contributed by atoms with van der Waals surface area (Å²) in [6, 6.07) is 17.0. The molecule has 0 aromatic heterocycles. The number of ether oxygens (including phenoxy) is 3. The maximum atomic E-state index is 14.1. The van der Waals surface area contributed by atoms with Crippen LogP contribution in [0.2, 0.25) is 0 Å². The molecule has 1 aliphatic rings. The highest BCUT2D eigenvalue weighted by Gasteiger charge is 2.61. The number of carbonyl (C=O) groups is 5. The van der Waals surface area contributed by atoms with Gasteiger partial charge in [0.2, 0.25) is 12.0 Å². The molecular weight excluding hydrogens is 712 g/mol. The second-order valence-electron chi connectivity index (χ2n) is 14.6. The summed E-state index contributed by atoms with van der Waals surface area (Å²) in [7, 11) is 3.94. The maximum absolute atomic E-state index is 14.1. The van der Waals surface area contributed by atoms with Gasteiger partial charge in [0.15, 0.2) is 6.10 Å². The zero-order valence-electron chi connectivity index (χ0n) is 32.7. The number of likely N-dealkylation sites (N-methyl/N-ethyl adjacent to an activating group) is 1. The number of hydrogen-bond donors (Lipinski definition) is 2. The summed E-state index contributed by atoms with van der Waals surface area (Å²) in [5.41, 5.74) is 2.33. The molecule has 2 N–H and O–H groups in total. The van der Waals surface area contributed by atoms with Gasteiger partial charge >= 0.3 is 6.03 Å². The summed E-state index contributed by atoms with van der Waals surface area (Å²) in [6.07, 6.45) is -0.0725. The van der Waals surface area contributed by atoms with E-state index in [0.717, 1.165) is 23.3 Å². The van der Waals surface area contributed by atoms with Crippen LogP contribution in [0.1, 0.15) is 89.2 Å². The van der Waals surface area contributed by atoms with E-state index in [0.29, 0.717) is 28.5 Å². The van der Waals surface area contributed by atoms with Crippen LogP contribution in [0.5, 0.6) is 11.5 Å². The minimum absolute atomic E-state index is 0.0343. The number of anilines is 2. The highest BCUT2D eigenvalue weighted by Crippen LogP contribution is 2.39. The number of nitrogens with zero attached hydrogens (tertiary/aromatic N) is 2. The van der Waals surface area contributed by atoms with Crippen molar-refractivity contribution >= 4 is 52.5 Å². The number of halogens is 1. The number of methoxy groups -OCH3 is 2. The van der Waals surface area contributed by atoms with Gasteiger partial charge in [0.05, 0.1) is 7.11 Å². The lowest BCUT2D eigenvalue weighted by Crippen LogP contribution is -2.60. The molecule has 3 aromatic carbocycles. The van der Waals surface area contributed by atoms with Crippen molar-refractivity contribution in [2.45, 2.75) is 95.9 Å². The van der Waals surface area contributed by atoms with Gasteiger partial charge in [0.25, 0.3) is 22.7 Å². The fourth-order valence-electron chi connectivity index (χ4n) is 5.97. The van der Waals surface area contributed by atoms with Crippen LogP contribution in [-0.4, -0.2) is 77.9 Å². The second kappa shape index (κ2) is 16.6. The number of carbonyl (C=O) groups excluding carboxylic acids is 5. The number of nitrogens with one attached hydrogen (secondary N) is 2. The van der Waals surface area contributed by atoms with Crippen molar-refractivity contribution in [3.8, 4) is 11.5 Å². The molecule has 5 amide bonds. The standard InChI is InChI=1S/C41H51ClN4O8/c1-11-31(54-32-22-19-26(39(4,5)12-2)23-30(32)40(6,7)13-3)34(48)43-27-15-14-16-28(24-27)44-37(50)41(42,33(47)25-17-20-29(52-9)21-18-25)46-35(49)36(53-10)45(8)38(46)51/h14-24,31,36H,11-13H2,1-10H3,(H,43,48)(H,44,50). The molecular formula is C41H51ClN4O8. The van der Waals surface area contributed by atoms with E-state index in [1.54, 1.807) is 12.1 Å². The lowest BCUT2D eigenvalue weighted by atomic mass is 9.76. The summed E-state index contributed by atoms with van der Waals surface area (Å²) >= 11 is 6.86. The summed E-state index contributed by atoms with van der Waals surface area (Å²) in [4.78, 5) is 67.0. The third kappa shape index (κ3) is 8.24. The average molecular weight is 763 g/mol. The number of ketones is 1. The Kier molecular flexibility index (Phi) is 12.9. The predicted octanol–water partition coefficient (Wildman–Crippen LogP) is 7.49. The molecule has 1 saturated heterocycles. The molecule has 0 radical (unpaired) electrons. The Morgan fingerprint density at radius 2 is 1.46 bits per heavy atom.